The number of allylic oxidation sites excluding steroid dienone is 12. The van der Waals surface area contributed by atoms with Gasteiger partial charge in [-0.05, 0) is 116 Å². The highest BCUT2D eigenvalue weighted by molar-refractivity contribution is 5.71. The Morgan fingerprint density at radius 3 is 0.738 bits per heavy atom. The van der Waals surface area contributed by atoms with Gasteiger partial charge in [0.05, 0.1) is 0 Å². The number of ether oxygens (including phenoxy) is 3. The van der Waals surface area contributed by atoms with E-state index in [9.17, 15) is 14.4 Å². The van der Waals surface area contributed by atoms with Crippen molar-refractivity contribution in [2.75, 3.05) is 13.2 Å². The summed E-state index contributed by atoms with van der Waals surface area (Å²) in [7, 11) is 0. The molecule has 464 valence electrons. The highest BCUT2D eigenvalue weighted by Gasteiger charge is 2.19. The second-order valence-corrected chi connectivity index (χ2v) is 23.4. The predicted molar refractivity (Wildman–Crippen MR) is 348 cm³/mol. The molecule has 0 spiro atoms. The standard InChI is InChI=1S/C74H132O6/c1-4-7-10-13-16-19-22-25-28-30-31-32-33-34-35-36-37-38-39-40-41-42-43-44-47-49-52-55-58-61-64-67-73(76)79-70-71(69-78-72(75)66-63-60-57-54-51-48-45-27-24-21-18-15-12-9-6-3)80-74(77)68-65-62-59-56-53-50-46-29-26-23-20-17-14-11-8-5-2/h18,21-22,25,27,29-31,33-34,45-46,71H,4-17,19-20,23-24,26,28,32,35-44,47-70H2,1-3H3/b21-18-,25-22-,31-30-,34-33-,45-27-,46-29-. The average Bonchev–Trinajstić information content (AvgIpc) is 3.46. The number of hydrogen-bond donors (Lipinski definition) is 0. The maximum Gasteiger partial charge on any atom is 0.306 e. The molecular weight excluding hydrogens is 985 g/mol. The van der Waals surface area contributed by atoms with Gasteiger partial charge in [-0.2, -0.15) is 0 Å². The van der Waals surface area contributed by atoms with Crippen LogP contribution < -0.4 is 0 Å². The molecule has 1 atom stereocenters. The van der Waals surface area contributed by atoms with Crippen molar-refractivity contribution in [2.45, 2.75) is 367 Å². The van der Waals surface area contributed by atoms with Crippen LogP contribution in [0.2, 0.25) is 0 Å². The van der Waals surface area contributed by atoms with E-state index in [0.717, 1.165) is 103 Å². The maximum atomic E-state index is 12.9. The summed E-state index contributed by atoms with van der Waals surface area (Å²) >= 11 is 0. The maximum absolute atomic E-state index is 12.9. The zero-order chi connectivity index (χ0) is 57.8. The Hall–Kier alpha value is -3.15. The number of esters is 3. The first-order valence-electron chi connectivity index (χ1n) is 34.9. The topological polar surface area (TPSA) is 78.9 Å². The fourth-order valence-electron chi connectivity index (χ4n) is 10.1. The smallest absolute Gasteiger partial charge is 0.306 e. The lowest BCUT2D eigenvalue weighted by atomic mass is 10.0. The molecule has 0 aromatic carbocycles. The highest BCUT2D eigenvalue weighted by Crippen LogP contribution is 2.17. The highest BCUT2D eigenvalue weighted by atomic mass is 16.6. The van der Waals surface area contributed by atoms with Gasteiger partial charge >= 0.3 is 17.9 Å². The van der Waals surface area contributed by atoms with Crippen LogP contribution >= 0.6 is 0 Å². The van der Waals surface area contributed by atoms with E-state index in [4.69, 9.17) is 14.2 Å². The van der Waals surface area contributed by atoms with Crippen molar-refractivity contribution in [3.63, 3.8) is 0 Å². The fraction of sp³-hybridized carbons (Fsp3) is 0.797. The third-order valence-electron chi connectivity index (χ3n) is 15.4. The molecule has 6 nitrogen and oxygen atoms in total. The van der Waals surface area contributed by atoms with Crippen LogP contribution in [0.25, 0.3) is 0 Å². The largest absolute Gasteiger partial charge is 0.462 e. The number of carbonyl (C=O) groups is 3. The van der Waals surface area contributed by atoms with E-state index in [1.807, 2.05) is 0 Å². The Labute approximate surface area is 497 Å². The Morgan fingerprint density at radius 1 is 0.250 bits per heavy atom. The van der Waals surface area contributed by atoms with Crippen LogP contribution in [-0.2, 0) is 28.6 Å². The molecule has 0 aromatic rings. The van der Waals surface area contributed by atoms with E-state index in [-0.39, 0.29) is 31.1 Å². The molecule has 0 aliphatic heterocycles. The van der Waals surface area contributed by atoms with Gasteiger partial charge in [0.15, 0.2) is 6.10 Å². The Morgan fingerprint density at radius 2 is 0.450 bits per heavy atom. The molecule has 0 saturated heterocycles. The summed E-state index contributed by atoms with van der Waals surface area (Å²) < 4.78 is 16.9. The molecule has 0 rings (SSSR count). The van der Waals surface area contributed by atoms with Gasteiger partial charge < -0.3 is 14.2 Å². The lowest BCUT2D eigenvalue weighted by molar-refractivity contribution is -0.167. The molecule has 6 heteroatoms. The monoisotopic (exact) mass is 1120 g/mol. The van der Waals surface area contributed by atoms with E-state index in [1.165, 1.54) is 218 Å². The molecule has 0 aromatic heterocycles. The normalized spacial score (nSPS) is 12.5. The Bertz CT molecular complexity index is 1470. The molecule has 0 heterocycles. The molecule has 0 N–H and O–H groups in total. The molecule has 0 saturated carbocycles. The first-order valence-corrected chi connectivity index (χ1v) is 34.9. The van der Waals surface area contributed by atoms with Crippen LogP contribution in [0.15, 0.2) is 72.9 Å². The van der Waals surface area contributed by atoms with Gasteiger partial charge in [-0.25, -0.2) is 0 Å². The molecule has 0 aliphatic carbocycles. The van der Waals surface area contributed by atoms with E-state index in [2.05, 4.69) is 93.7 Å². The minimum atomic E-state index is -0.786. The third-order valence-corrected chi connectivity index (χ3v) is 15.4. The second kappa shape index (κ2) is 68.3. The predicted octanol–water partition coefficient (Wildman–Crippen LogP) is 24.1. The molecule has 0 bridgehead atoms. The van der Waals surface area contributed by atoms with Gasteiger partial charge in [-0.15, -0.1) is 0 Å². The number of hydrogen-bond acceptors (Lipinski definition) is 6. The first kappa shape index (κ1) is 76.9. The summed E-state index contributed by atoms with van der Waals surface area (Å²) in [6.45, 7) is 6.62. The van der Waals surface area contributed by atoms with E-state index < -0.39 is 6.10 Å². The minimum Gasteiger partial charge on any atom is -0.462 e. The summed E-state index contributed by atoms with van der Waals surface area (Å²) in [4.78, 5) is 38.4. The summed E-state index contributed by atoms with van der Waals surface area (Å²) in [5.74, 6) is -0.885. The van der Waals surface area contributed by atoms with Gasteiger partial charge in [-0.1, -0.05) is 299 Å². The number of rotatable bonds is 64. The van der Waals surface area contributed by atoms with Crippen LogP contribution in [-0.4, -0.2) is 37.2 Å². The Balaban J connectivity index is 4.22. The summed E-state index contributed by atoms with van der Waals surface area (Å²) in [5, 5.41) is 0. The van der Waals surface area contributed by atoms with Crippen molar-refractivity contribution in [1.82, 2.24) is 0 Å². The van der Waals surface area contributed by atoms with Crippen LogP contribution in [0.4, 0.5) is 0 Å². The fourth-order valence-corrected chi connectivity index (χ4v) is 10.1. The zero-order valence-electron chi connectivity index (χ0n) is 53.3. The molecular formula is C74H132O6. The van der Waals surface area contributed by atoms with Gasteiger partial charge in [0.2, 0.25) is 0 Å². The van der Waals surface area contributed by atoms with Crippen LogP contribution in [0, 0.1) is 0 Å². The lowest BCUT2D eigenvalue weighted by Crippen LogP contribution is -2.30. The van der Waals surface area contributed by atoms with Gasteiger partial charge in [-0.3, -0.25) is 14.4 Å². The van der Waals surface area contributed by atoms with E-state index in [1.54, 1.807) is 0 Å². The SMILES string of the molecule is CCCCC/C=C\C/C=C\CCCCCCCC(=O)OCC(COC(=O)CCCCCCCCCCCCCCCCCC/C=C\C/C=C\C/C=C\CCCCCCC)OC(=O)CCCCCCC/C=C\CCCCCCCCC. The zero-order valence-corrected chi connectivity index (χ0v) is 53.3. The van der Waals surface area contributed by atoms with Crippen molar-refractivity contribution in [3.05, 3.63) is 72.9 Å². The van der Waals surface area contributed by atoms with Crippen molar-refractivity contribution in [1.29, 1.82) is 0 Å². The summed E-state index contributed by atoms with van der Waals surface area (Å²) in [6.07, 6.45) is 89.3. The van der Waals surface area contributed by atoms with Crippen molar-refractivity contribution >= 4 is 17.9 Å². The van der Waals surface area contributed by atoms with Gasteiger partial charge in [0.1, 0.15) is 13.2 Å². The third kappa shape index (κ3) is 65.7. The van der Waals surface area contributed by atoms with Gasteiger partial charge in [0, 0.05) is 19.3 Å². The van der Waals surface area contributed by atoms with E-state index >= 15 is 0 Å². The molecule has 0 amide bonds. The van der Waals surface area contributed by atoms with Crippen molar-refractivity contribution in [2.24, 2.45) is 0 Å². The quantitative estimate of drug-likeness (QED) is 0.0261. The minimum absolute atomic E-state index is 0.0805. The average molecular weight is 1120 g/mol. The second-order valence-electron chi connectivity index (χ2n) is 23.4. The van der Waals surface area contributed by atoms with E-state index in [0.29, 0.717) is 19.3 Å². The number of unbranched alkanes of at least 4 members (excludes halogenated alkanes) is 41. The van der Waals surface area contributed by atoms with Crippen molar-refractivity contribution in [3.8, 4) is 0 Å². The van der Waals surface area contributed by atoms with Gasteiger partial charge in [0.25, 0.3) is 0 Å². The number of carbonyl (C=O) groups excluding carboxylic acids is 3. The summed E-state index contributed by atoms with van der Waals surface area (Å²) in [5.41, 5.74) is 0. The van der Waals surface area contributed by atoms with Crippen LogP contribution in [0.1, 0.15) is 361 Å². The molecule has 0 aliphatic rings. The molecule has 1 unspecified atom stereocenters. The first-order chi connectivity index (χ1) is 39.5. The van der Waals surface area contributed by atoms with Crippen LogP contribution in [0.5, 0.6) is 0 Å². The van der Waals surface area contributed by atoms with Crippen LogP contribution in [0.3, 0.4) is 0 Å². The summed E-state index contributed by atoms with van der Waals surface area (Å²) in [6, 6.07) is 0. The molecule has 0 fully saturated rings. The molecule has 80 heavy (non-hydrogen) atoms. The molecule has 0 radical (unpaired) electrons. The van der Waals surface area contributed by atoms with Crippen molar-refractivity contribution < 1.29 is 28.6 Å². The Kier molecular flexibility index (Phi) is 65.7. The lowest BCUT2D eigenvalue weighted by Gasteiger charge is -2.18.